The van der Waals surface area contributed by atoms with Gasteiger partial charge in [0, 0.05) is 13.1 Å². The van der Waals surface area contributed by atoms with E-state index in [1.165, 1.54) is 5.56 Å². The van der Waals surface area contributed by atoms with E-state index >= 15 is 0 Å². The SMILES string of the molecule is CCNC(=NCc1ccc(O)c(OCC)c1)NCC(C)c1ccccc1.I. The summed E-state index contributed by atoms with van der Waals surface area (Å²) in [5.41, 5.74) is 2.29. The molecule has 0 fully saturated rings. The second-order valence-corrected chi connectivity index (χ2v) is 6.12. The number of ether oxygens (including phenoxy) is 1. The van der Waals surface area contributed by atoms with Gasteiger partial charge in [0.2, 0.25) is 0 Å². The van der Waals surface area contributed by atoms with E-state index in [0.29, 0.717) is 24.8 Å². The largest absolute Gasteiger partial charge is 0.504 e. The number of aromatic hydroxyl groups is 1. The molecule has 5 nitrogen and oxygen atoms in total. The second-order valence-electron chi connectivity index (χ2n) is 6.12. The standard InChI is InChI=1S/C21H29N3O2.HI/c1-4-22-21(23-14-16(3)18-9-7-6-8-10-18)24-15-17-11-12-19(25)20(13-17)26-5-2;/h6-13,16,25H,4-5,14-15H2,1-3H3,(H2,22,23,24);1H. The van der Waals surface area contributed by atoms with Crippen LogP contribution in [-0.4, -0.2) is 30.8 Å². The highest BCUT2D eigenvalue weighted by atomic mass is 127. The number of halogens is 1. The van der Waals surface area contributed by atoms with E-state index in [0.717, 1.165) is 24.6 Å². The third kappa shape index (κ3) is 7.66. The summed E-state index contributed by atoms with van der Waals surface area (Å²) in [6, 6.07) is 15.8. The van der Waals surface area contributed by atoms with Crippen LogP contribution >= 0.6 is 24.0 Å². The average Bonchev–Trinajstić information content (AvgIpc) is 2.67. The van der Waals surface area contributed by atoms with Crippen molar-refractivity contribution >= 4 is 29.9 Å². The van der Waals surface area contributed by atoms with Gasteiger partial charge in [-0.15, -0.1) is 24.0 Å². The zero-order chi connectivity index (χ0) is 18.8. The van der Waals surface area contributed by atoms with E-state index in [4.69, 9.17) is 4.74 Å². The minimum absolute atomic E-state index is 0. The van der Waals surface area contributed by atoms with E-state index in [1.807, 2.05) is 32.0 Å². The van der Waals surface area contributed by atoms with Gasteiger partial charge in [0.25, 0.3) is 0 Å². The molecule has 1 atom stereocenters. The molecule has 0 radical (unpaired) electrons. The van der Waals surface area contributed by atoms with E-state index < -0.39 is 0 Å². The molecule has 2 aromatic rings. The van der Waals surface area contributed by atoms with Crippen LogP contribution in [0, 0.1) is 0 Å². The van der Waals surface area contributed by atoms with Gasteiger partial charge in [0.05, 0.1) is 13.2 Å². The molecule has 0 saturated carbocycles. The molecule has 0 bridgehead atoms. The molecular formula is C21H30IN3O2. The Hall–Kier alpha value is -1.96. The summed E-state index contributed by atoms with van der Waals surface area (Å²) in [6.07, 6.45) is 0. The van der Waals surface area contributed by atoms with Crippen LogP contribution in [0.25, 0.3) is 0 Å². The summed E-state index contributed by atoms with van der Waals surface area (Å²) in [5, 5.41) is 16.5. The number of hydrogen-bond acceptors (Lipinski definition) is 3. The van der Waals surface area contributed by atoms with E-state index in [-0.39, 0.29) is 29.7 Å². The lowest BCUT2D eigenvalue weighted by Crippen LogP contribution is -2.39. The van der Waals surface area contributed by atoms with Gasteiger partial charge in [-0.2, -0.15) is 0 Å². The van der Waals surface area contributed by atoms with Crippen LogP contribution in [0.2, 0.25) is 0 Å². The van der Waals surface area contributed by atoms with Gasteiger partial charge in [-0.05, 0) is 43.0 Å². The molecule has 148 valence electrons. The van der Waals surface area contributed by atoms with Crippen molar-refractivity contribution in [1.82, 2.24) is 10.6 Å². The first-order valence-electron chi connectivity index (χ1n) is 9.15. The van der Waals surface area contributed by atoms with Gasteiger partial charge in [0.15, 0.2) is 17.5 Å². The summed E-state index contributed by atoms with van der Waals surface area (Å²) in [5.74, 6) is 1.82. The number of rotatable bonds is 8. The third-order valence-electron chi connectivity index (χ3n) is 4.03. The Kier molecular flexibility index (Phi) is 10.6. The average molecular weight is 483 g/mol. The fourth-order valence-corrected chi connectivity index (χ4v) is 2.59. The highest BCUT2D eigenvalue weighted by Gasteiger charge is 2.07. The van der Waals surface area contributed by atoms with Crippen molar-refractivity contribution in [2.24, 2.45) is 4.99 Å². The van der Waals surface area contributed by atoms with E-state index in [1.54, 1.807) is 6.07 Å². The third-order valence-corrected chi connectivity index (χ3v) is 4.03. The molecule has 0 saturated heterocycles. The highest BCUT2D eigenvalue weighted by Crippen LogP contribution is 2.27. The van der Waals surface area contributed by atoms with Crippen molar-refractivity contribution < 1.29 is 9.84 Å². The monoisotopic (exact) mass is 483 g/mol. The van der Waals surface area contributed by atoms with Crippen LogP contribution in [-0.2, 0) is 6.54 Å². The minimum atomic E-state index is 0. The zero-order valence-electron chi connectivity index (χ0n) is 16.2. The van der Waals surface area contributed by atoms with Gasteiger partial charge in [-0.25, -0.2) is 4.99 Å². The first-order valence-corrected chi connectivity index (χ1v) is 9.15. The van der Waals surface area contributed by atoms with Crippen LogP contribution in [0.5, 0.6) is 11.5 Å². The lowest BCUT2D eigenvalue weighted by molar-refractivity contribution is 0.318. The lowest BCUT2D eigenvalue weighted by Gasteiger charge is -2.16. The number of guanidine groups is 1. The summed E-state index contributed by atoms with van der Waals surface area (Å²) in [7, 11) is 0. The molecule has 6 heteroatoms. The Bertz CT molecular complexity index is 708. The smallest absolute Gasteiger partial charge is 0.191 e. The Labute approximate surface area is 179 Å². The van der Waals surface area contributed by atoms with Gasteiger partial charge in [-0.3, -0.25) is 0 Å². The summed E-state index contributed by atoms with van der Waals surface area (Å²) in [6.45, 7) is 8.76. The number of phenols is 1. The minimum Gasteiger partial charge on any atom is -0.504 e. The number of benzene rings is 2. The van der Waals surface area contributed by atoms with E-state index in [2.05, 4.69) is 46.8 Å². The lowest BCUT2D eigenvalue weighted by atomic mass is 10.0. The molecule has 0 aliphatic carbocycles. The first kappa shape index (κ1) is 23.1. The van der Waals surface area contributed by atoms with Gasteiger partial charge >= 0.3 is 0 Å². The number of nitrogens with zero attached hydrogens (tertiary/aromatic N) is 1. The zero-order valence-corrected chi connectivity index (χ0v) is 18.6. The van der Waals surface area contributed by atoms with Crippen molar-refractivity contribution in [2.75, 3.05) is 19.7 Å². The maximum atomic E-state index is 9.80. The number of hydrogen-bond donors (Lipinski definition) is 3. The van der Waals surface area contributed by atoms with Crippen molar-refractivity contribution in [3.8, 4) is 11.5 Å². The van der Waals surface area contributed by atoms with Gasteiger partial charge in [0.1, 0.15) is 0 Å². The summed E-state index contributed by atoms with van der Waals surface area (Å²) >= 11 is 0. The number of aliphatic imine (C=N–C) groups is 1. The molecule has 3 N–H and O–H groups in total. The predicted molar refractivity (Wildman–Crippen MR) is 122 cm³/mol. The predicted octanol–water partition coefficient (Wildman–Crippen LogP) is 4.27. The number of phenolic OH excluding ortho intramolecular Hbond substituents is 1. The van der Waals surface area contributed by atoms with Crippen LogP contribution < -0.4 is 15.4 Å². The molecule has 2 aromatic carbocycles. The Balaban J connectivity index is 0.00000364. The molecule has 2 rings (SSSR count). The molecule has 27 heavy (non-hydrogen) atoms. The van der Waals surface area contributed by atoms with Crippen LogP contribution in [0.1, 0.15) is 37.8 Å². The fraction of sp³-hybridized carbons (Fsp3) is 0.381. The Morgan fingerprint density at radius 2 is 1.85 bits per heavy atom. The van der Waals surface area contributed by atoms with Gasteiger partial charge < -0.3 is 20.5 Å². The van der Waals surface area contributed by atoms with Crippen LogP contribution in [0.3, 0.4) is 0 Å². The maximum absolute atomic E-state index is 9.80. The van der Waals surface area contributed by atoms with Crippen molar-refractivity contribution in [3.05, 3.63) is 59.7 Å². The normalized spacial score (nSPS) is 12.0. The second kappa shape index (κ2) is 12.4. The quantitative estimate of drug-likeness (QED) is 0.298. The van der Waals surface area contributed by atoms with Gasteiger partial charge in [-0.1, -0.05) is 43.3 Å². The molecule has 0 aliphatic heterocycles. The molecule has 0 aliphatic rings. The van der Waals surface area contributed by atoms with Crippen molar-refractivity contribution in [3.63, 3.8) is 0 Å². The topological polar surface area (TPSA) is 65.9 Å². The molecule has 1 unspecified atom stereocenters. The number of nitrogens with one attached hydrogen (secondary N) is 2. The molecule has 0 aromatic heterocycles. The van der Waals surface area contributed by atoms with Crippen LogP contribution in [0.15, 0.2) is 53.5 Å². The van der Waals surface area contributed by atoms with Crippen molar-refractivity contribution in [2.45, 2.75) is 33.2 Å². The van der Waals surface area contributed by atoms with Crippen LogP contribution in [0.4, 0.5) is 0 Å². The molecule has 0 heterocycles. The summed E-state index contributed by atoms with van der Waals surface area (Å²) in [4.78, 5) is 4.64. The maximum Gasteiger partial charge on any atom is 0.191 e. The highest BCUT2D eigenvalue weighted by molar-refractivity contribution is 14.0. The Morgan fingerprint density at radius 1 is 1.11 bits per heavy atom. The molecular weight excluding hydrogens is 453 g/mol. The first-order chi connectivity index (χ1) is 12.6. The van der Waals surface area contributed by atoms with Crippen molar-refractivity contribution in [1.29, 1.82) is 0 Å². The Morgan fingerprint density at radius 3 is 2.52 bits per heavy atom. The fourth-order valence-electron chi connectivity index (χ4n) is 2.59. The molecule has 0 amide bonds. The van der Waals surface area contributed by atoms with E-state index in [9.17, 15) is 5.11 Å². The molecule has 0 spiro atoms. The summed E-state index contributed by atoms with van der Waals surface area (Å²) < 4.78 is 5.43.